The van der Waals surface area contributed by atoms with Gasteiger partial charge in [0, 0.05) is 34.3 Å². The summed E-state index contributed by atoms with van der Waals surface area (Å²) >= 11 is 0. The summed E-state index contributed by atoms with van der Waals surface area (Å²) in [5.41, 5.74) is 1.96. The summed E-state index contributed by atoms with van der Waals surface area (Å²) in [5.74, 6) is -2.84. The van der Waals surface area contributed by atoms with Crippen LogP contribution in [0.3, 0.4) is 0 Å². The Morgan fingerprint density at radius 3 is 2.45 bits per heavy atom. The summed E-state index contributed by atoms with van der Waals surface area (Å²) in [7, 11) is -4.16. The van der Waals surface area contributed by atoms with Gasteiger partial charge in [0.15, 0.2) is 9.84 Å². The lowest BCUT2D eigenvalue weighted by Crippen LogP contribution is -3.12. The van der Waals surface area contributed by atoms with Gasteiger partial charge in [-0.2, -0.15) is 0 Å². The number of hydrogen-bond donors (Lipinski definition) is 5. The molecule has 0 aliphatic carbocycles. The first kappa shape index (κ1) is 32.1. The third-order valence-corrected chi connectivity index (χ3v) is 9.43. The number of carboxylic acids is 1. The minimum atomic E-state index is -4.16. The van der Waals surface area contributed by atoms with E-state index in [9.17, 15) is 32.9 Å². The van der Waals surface area contributed by atoms with Gasteiger partial charge in [0.25, 0.3) is 17.5 Å². The maximum absolute atomic E-state index is 13.4. The number of benzene rings is 2. The van der Waals surface area contributed by atoms with Crippen molar-refractivity contribution in [1.82, 2.24) is 10.3 Å². The molecule has 232 valence electrons. The summed E-state index contributed by atoms with van der Waals surface area (Å²) in [6.45, 7) is 10.9. The molecule has 0 atom stereocenters. The number of aromatic nitrogens is 1. The number of quaternary nitrogens is 1. The molecule has 2 heterocycles. The summed E-state index contributed by atoms with van der Waals surface area (Å²) in [4.78, 5) is 52.3. The molecule has 0 radical (unpaired) electrons. The Morgan fingerprint density at radius 1 is 1.11 bits per heavy atom. The maximum Gasteiger partial charge on any atom is 0.335 e. The largest absolute Gasteiger partial charge is 0.478 e. The average Bonchev–Trinajstić information content (AvgIpc) is 3.43. The molecule has 4 rings (SSSR count). The molecule has 1 aromatic heterocycles. The number of rotatable bonds is 12. The number of amides is 2. The van der Waals surface area contributed by atoms with Crippen molar-refractivity contribution in [2.24, 2.45) is 0 Å². The van der Waals surface area contributed by atoms with Gasteiger partial charge < -0.3 is 25.6 Å². The van der Waals surface area contributed by atoms with E-state index in [1.54, 1.807) is 19.9 Å². The number of carboxylic acid groups (broad SMARTS) is 1. The SMILES string of the molecule is CC[NH+](CC)CCNC(=O)c1c(C)[nH]c(/C=C2\C(=O)Nc3ccc(S(=O)(=O)Cc4ccc(C(=O)O)cc4[N+](=O)[O-])cc32)c1C. The highest BCUT2D eigenvalue weighted by Crippen LogP contribution is 2.36. The summed E-state index contributed by atoms with van der Waals surface area (Å²) in [5, 5.41) is 26.4. The van der Waals surface area contributed by atoms with Crippen molar-refractivity contribution in [3.8, 4) is 0 Å². The Labute approximate surface area is 254 Å². The van der Waals surface area contributed by atoms with Crippen LogP contribution in [0.1, 0.15) is 62.6 Å². The van der Waals surface area contributed by atoms with Crippen molar-refractivity contribution in [2.75, 3.05) is 31.5 Å². The van der Waals surface area contributed by atoms with Crippen LogP contribution in [-0.4, -0.2) is 67.4 Å². The van der Waals surface area contributed by atoms with Crippen LogP contribution in [0.4, 0.5) is 11.4 Å². The molecule has 0 spiro atoms. The number of likely N-dealkylation sites (N-methyl/N-ethyl adjacent to an activating group) is 1. The van der Waals surface area contributed by atoms with Crippen LogP contribution in [-0.2, 0) is 20.4 Å². The Hall–Kier alpha value is -4.82. The highest BCUT2D eigenvalue weighted by Gasteiger charge is 2.29. The molecule has 1 aliphatic heterocycles. The van der Waals surface area contributed by atoms with Crippen molar-refractivity contribution in [2.45, 2.75) is 38.3 Å². The molecule has 5 N–H and O–H groups in total. The predicted octanol–water partition coefficient (Wildman–Crippen LogP) is 2.36. The van der Waals surface area contributed by atoms with E-state index in [0.29, 0.717) is 40.3 Å². The minimum absolute atomic E-state index is 0.174. The number of hydrogen-bond acceptors (Lipinski definition) is 7. The second kappa shape index (κ2) is 12.8. The van der Waals surface area contributed by atoms with Crippen LogP contribution >= 0.6 is 0 Å². The minimum Gasteiger partial charge on any atom is -0.478 e. The van der Waals surface area contributed by atoms with E-state index < -0.39 is 38.1 Å². The lowest BCUT2D eigenvalue weighted by molar-refractivity contribution is -0.895. The Bertz CT molecular complexity index is 1810. The zero-order valence-electron chi connectivity index (χ0n) is 24.7. The van der Waals surface area contributed by atoms with E-state index >= 15 is 0 Å². The fraction of sp³-hybridized carbons (Fsp3) is 0.300. The standard InChI is InChI=1S/C30H33N5O8S/c1-5-34(6-2)12-11-31-29(37)27-17(3)25(32-18(27)4)15-23-22-14-21(9-10-24(22)33-28(23)36)44(42,43)16-20-8-7-19(30(38)39)13-26(20)35(40)41/h7-10,13-15,32H,5-6,11-12,16H2,1-4H3,(H,31,37)(H,33,36)(H,38,39)/p+1/b23-15-. The topological polar surface area (TPSA) is 193 Å². The number of aryl methyl sites for hydroxylation is 1. The smallest absolute Gasteiger partial charge is 0.335 e. The van der Waals surface area contributed by atoms with Crippen LogP contribution in [0.5, 0.6) is 0 Å². The van der Waals surface area contributed by atoms with Gasteiger partial charge in [-0.15, -0.1) is 0 Å². The van der Waals surface area contributed by atoms with E-state index in [4.69, 9.17) is 5.11 Å². The van der Waals surface area contributed by atoms with Crippen molar-refractivity contribution >= 4 is 50.6 Å². The number of aromatic amines is 1. The molecule has 13 nitrogen and oxygen atoms in total. The zero-order chi connectivity index (χ0) is 32.3. The molecule has 0 saturated heterocycles. The number of nitro groups is 1. The van der Waals surface area contributed by atoms with Gasteiger partial charge in [0.1, 0.15) is 0 Å². The Morgan fingerprint density at radius 2 is 1.82 bits per heavy atom. The number of anilines is 1. The molecule has 14 heteroatoms. The highest BCUT2D eigenvalue weighted by atomic mass is 32.2. The number of nitrogens with zero attached hydrogens (tertiary/aromatic N) is 1. The number of carbonyl (C=O) groups is 3. The second-order valence-electron chi connectivity index (χ2n) is 10.5. The van der Waals surface area contributed by atoms with Crippen molar-refractivity contribution in [3.05, 3.63) is 85.7 Å². The molecule has 0 bridgehead atoms. The van der Waals surface area contributed by atoms with Gasteiger partial charge in [-0.25, -0.2) is 13.2 Å². The number of sulfone groups is 1. The molecule has 0 unspecified atom stereocenters. The Balaban J connectivity index is 1.64. The van der Waals surface area contributed by atoms with Crippen LogP contribution in [0.2, 0.25) is 0 Å². The quantitative estimate of drug-likeness (QED) is 0.115. The van der Waals surface area contributed by atoms with Gasteiger partial charge in [0.05, 0.1) is 58.5 Å². The lowest BCUT2D eigenvalue weighted by Gasteiger charge is -2.15. The molecule has 2 amide bonds. The van der Waals surface area contributed by atoms with E-state index in [1.807, 2.05) is 0 Å². The van der Waals surface area contributed by atoms with E-state index in [0.717, 1.165) is 37.8 Å². The molecular weight excluding hydrogens is 590 g/mol. The van der Waals surface area contributed by atoms with Crippen molar-refractivity contribution in [3.63, 3.8) is 0 Å². The zero-order valence-corrected chi connectivity index (χ0v) is 25.6. The number of carbonyl (C=O) groups excluding carboxylic acids is 2. The van der Waals surface area contributed by atoms with E-state index in [2.05, 4.69) is 29.5 Å². The highest BCUT2D eigenvalue weighted by molar-refractivity contribution is 7.90. The van der Waals surface area contributed by atoms with Gasteiger partial charge >= 0.3 is 5.97 Å². The van der Waals surface area contributed by atoms with Gasteiger partial charge in [-0.1, -0.05) is 6.07 Å². The summed E-state index contributed by atoms with van der Waals surface area (Å²) in [6.07, 6.45) is 1.56. The lowest BCUT2D eigenvalue weighted by atomic mass is 10.0. The van der Waals surface area contributed by atoms with Gasteiger partial charge in [-0.3, -0.25) is 19.7 Å². The number of nitro benzene ring substituents is 1. The van der Waals surface area contributed by atoms with Crippen LogP contribution in [0.25, 0.3) is 11.6 Å². The molecule has 2 aromatic carbocycles. The molecule has 44 heavy (non-hydrogen) atoms. The fourth-order valence-corrected chi connectivity index (χ4v) is 6.62. The molecule has 3 aromatic rings. The third-order valence-electron chi connectivity index (χ3n) is 7.76. The van der Waals surface area contributed by atoms with Crippen LogP contribution < -0.4 is 15.5 Å². The van der Waals surface area contributed by atoms with Gasteiger partial charge in [0.2, 0.25) is 0 Å². The number of aromatic carboxylic acids is 1. The summed E-state index contributed by atoms with van der Waals surface area (Å²) in [6, 6.07) is 7.08. The monoisotopic (exact) mass is 624 g/mol. The fourth-order valence-electron chi connectivity index (χ4n) is 5.23. The number of fused-ring (bicyclic) bond motifs is 1. The number of H-pyrrole nitrogens is 1. The third kappa shape index (κ3) is 6.55. The maximum atomic E-state index is 13.4. The van der Waals surface area contributed by atoms with Crippen LogP contribution in [0, 0.1) is 24.0 Å². The number of nitrogens with one attached hydrogen (secondary N) is 4. The molecule has 0 saturated carbocycles. The average molecular weight is 625 g/mol. The first-order valence-corrected chi connectivity index (χ1v) is 15.6. The van der Waals surface area contributed by atoms with Crippen molar-refractivity contribution in [1.29, 1.82) is 0 Å². The first-order valence-electron chi connectivity index (χ1n) is 14.0. The second-order valence-corrected chi connectivity index (χ2v) is 12.5. The predicted molar refractivity (Wildman–Crippen MR) is 163 cm³/mol. The normalized spacial score (nSPS) is 13.7. The molecule has 0 fully saturated rings. The molecular formula is C30H34N5O8S+. The van der Waals surface area contributed by atoms with Crippen molar-refractivity contribution < 1.29 is 37.7 Å². The first-order chi connectivity index (χ1) is 20.8. The molecule has 1 aliphatic rings. The summed E-state index contributed by atoms with van der Waals surface area (Å²) < 4.78 is 26.7. The van der Waals surface area contributed by atoms with E-state index in [-0.39, 0.29) is 27.5 Å². The Kier molecular flexibility index (Phi) is 9.35. The van der Waals surface area contributed by atoms with E-state index in [1.165, 1.54) is 23.1 Å². The van der Waals surface area contributed by atoms with Crippen LogP contribution in [0.15, 0.2) is 41.3 Å². The van der Waals surface area contributed by atoms with Gasteiger partial charge in [-0.05, 0) is 63.6 Å².